The molecule has 0 saturated carbocycles. The summed E-state index contributed by atoms with van der Waals surface area (Å²) in [5.41, 5.74) is 7.73. The monoisotopic (exact) mass is 249 g/mol. The molecule has 0 fully saturated rings. The van der Waals surface area contributed by atoms with E-state index < -0.39 is 0 Å². The van der Waals surface area contributed by atoms with Crippen LogP contribution in [0, 0.1) is 0 Å². The Morgan fingerprint density at radius 1 is 1.41 bits per heavy atom. The summed E-state index contributed by atoms with van der Waals surface area (Å²) in [6.45, 7) is 6.66. The van der Waals surface area contributed by atoms with Gasteiger partial charge in [-0.15, -0.1) is 0 Å². The molecule has 2 rings (SSSR count). The number of thiazole rings is 1. The molecule has 1 aromatic heterocycles. The summed E-state index contributed by atoms with van der Waals surface area (Å²) in [5.74, 6) is 0. The highest BCUT2D eigenvalue weighted by atomic mass is 32.1. The summed E-state index contributed by atoms with van der Waals surface area (Å²) in [4.78, 5) is 6.90. The van der Waals surface area contributed by atoms with Crippen LogP contribution in [0.15, 0.2) is 18.2 Å². The molecule has 0 atom stereocenters. The van der Waals surface area contributed by atoms with Gasteiger partial charge in [0.1, 0.15) is 0 Å². The van der Waals surface area contributed by atoms with Gasteiger partial charge in [-0.05, 0) is 38.5 Å². The van der Waals surface area contributed by atoms with Gasteiger partial charge in [-0.2, -0.15) is 0 Å². The molecule has 0 radical (unpaired) electrons. The minimum Gasteiger partial charge on any atom is -0.399 e. The fraction of sp³-hybridized carbons (Fsp3) is 0.462. The minimum atomic E-state index is 0.124. The molecule has 1 aromatic carbocycles. The molecule has 2 aromatic rings. The third-order valence-electron chi connectivity index (χ3n) is 3.46. The topological polar surface area (TPSA) is 42.2 Å². The molecule has 3 nitrogen and oxygen atoms in total. The molecule has 4 heteroatoms. The Balaban J connectivity index is 2.43. The quantitative estimate of drug-likeness (QED) is 0.846. The molecule has 1 heterocycles. The second-order valence-corrected chi connectivity index (χ2v) is 5.96. The maximum absolute atomic E-state index is 5.79. The van der Waals surface area contributed by atoms with E-state index in [4.69, 9.17) is 5.73 Å². The van der Waals surface area contributed by atoms with Gasteiger partial charge < -0.3 is 10.6 Å². The predicted octanol–water partition coefficient (Wildman–Crippen LogP) is 3.50. The lowest BCUT2D eigenvalue weighted by Gasteiger charge is -2.34. The van der Waals surface area contributed by atoms with E-state index in [0.29, 0.717) is 0 Å². The Kier molecular flexibility index (Phi) is 3.00. The van der Waals surface area contributed by atoms with Crippen LogP contribution in [0.4, 0.5) is 10.8 Å². The standard InChI is InChI=1S/C13H19N3S/c1-5-13(2,3)16(4)12-15-10-7-6-9(14)8-11(10)17-12/h6-8H,5,14H2,1-4H3. The van der Waals surface area contributed by atoms with Gasteiger partial charge >= 0.3 is 0 Å². The Labute approximate surface area is 106 Å². The molecule has 0 bridgehead atoms. The van der Waals surface area contributed by atoms with Gasteiger partial charge in [0.15, 0.2) is 5.13 Å². The third-order valence-corrected chi connectivity index (χ3v) is 4.56. The number of benzene rings is 1. The van der Waals surface area contributed by atoms with Crippen molar-refractivity contribution >= 4 is 32.4 Å². The Hall–Kier alpha value is -1.29. The maximum atomic E-state index is 5.79. The van der Waals surface area contributed by atoms with E-state index >= 15 is 0 Å². The summed E-state index contributed by atoms with van der Waals surface area (Å²) in [6.07, 6.45) is 1.08. The molecule has 2 N–H and O–H groups in total. The van der Waals surface area contributed by atoms with E-state index in [2.05, 4.69) is 37.7 Å². The van der Waals surface area contributed by atoms with Crippen molar-refractivity contribution in [1.82, 2.24) is 4.98 Å². The second kappa shape index (κ2) is 4.18. The molecule has 0 aliphatic carbocycles. The van der Waals surface area contributed by atoms with Crippen molar-refractivity contribution in [3.8, 4) is 0 Å². The van der Waals surface area contributed by atoms with Crippen LogP contribution in [0.5, 0.6) is 0 Å². The Morgan fingerprint density at radius 3 is 2.76 bits per heavy atom. The van der Waals surface area contributed by atoms with Crippen molar-refractivity contribution in [3.05, 3.63) is 18.2 Å². The Morgan fingerprint density at radius 2 is 2.12 bits per heavy atom. The fourth-order valence-corrected chi connectivity index (χ4v) is 2.71. The van der Waals surface area contributed by atoms with Crippen LogP contribution in [0.25, 0.3) is 10.2 Å². The molecular weight excluding hydrogens is 230 g/mol. The van der Waals surface area contributed by atoms with E-state index in [1.807, 2.05) is 18.2 Å². The third kappa shape index (κ3) is 2.22. The first-order chi connectivity index (χ1) is 7.94. The van der Waals surface area contributed by atoms with E-state index in [1.165, 1.54) is 0 Å². The molecule has 0 aliphatic heterocycles. The van der Waals surface area contributed by atoms with Gasteiger partial charge in [0.2, 0.25) is 0 Å². The van der Waals surface area contributed by atoms with Gasteiger partial charge in [-0.1, -0.05) is 18.3 Å². The smallest absolute Gasteiger partial charge is 0.186 e. The van der Waals surface area contributed by atoms with Crippen LogP contribution in [-0.4, -0.2) is 17.6 Å². The number of hydrogen-bond donors (Lipinski definition) is 1. The van der Waals surface area contributed by atoms with Gasteiger partial charge in [0.05, 0.1) is 10.2 Å². The van der Waals surface area contributed by atoms with Crippen LogP contribution in [0.3, 0.4) is 0 Å². The first-order valence-electron chi connectivity index (χ1n) is 5.84. The number of hydrogen-bond acceptors (Lipinski definition) is 4. The van der Waals surface area contributed by atoms with Crippen LogP contribution in [-0.2, 0) is 0 Å². The molecule has 0 saturated heterocycles. The van der Waals surface area contributed by atoms with E-state index in [-0.39, 0.29) is 5.54 Å². The molecule has 0 unspecified atom stereocenters. The van der Waals surface area contributed by atoms with Crippen molar-refractivity contribution in [2.24, 2.45) is 0 Å². The lowest BCUT2D eigenvalue weighted by Crippen LogP contribution is -2.40. The number of nitrogen functional groups attached to an aromatic ring is 1. The van der Waals surface area contributed by atoms with Crippen LogP contribution in [0.1, 0.15) is 27.2 Å². The van der Waals surface area contributed by atoms with Crippen molar-refractivity contribution in [1.29, 1.82) is 0 Å². The summed E-state index contributed by atoms with van der Waals surface area (Å²) in [6, 6.07) is 5.87. The van der Waals surface area contributed by atoms with Crippen LogP contribution >= 0.6 is 11.3 Å². The van der Waals surface area contributed by atoms with Gasteiger partial charge in [-0.3, -0.25) is 0 Å². The van der Waals surface area contributed by atoms with Crippen molar-refractivity contribution in [2.45, 2.75) is 32.7 Å². The lowest BCUT2D eigenvalue weighted by atomic mass is 10.0. The molecule has 17 heavy (non-hydrogen) atoms. The first-order valence-corrected chi connectivity index (χ1v) is 6.65. The number of rotatable bonds is 3. The average molecular weight is 249 g/mol. The van der Waals surface area contributed by atoms with Crippen LogP contribution in [0.2, 0.25) is 0 Å². The average Bonchev–Trinajstić information content (AvgIpc) is 2.70. The molecular formula is C13H19N3S. The van der Waals surface area contributed by atoms with Crippen molar-refractivity contribution in [3.63, 3.8) is 0 Å². The lowest BCUT2D eigenvalue weighted by molar-refractivity contribution is 0.470. The Bertz CT molecular complexity index is 530. The number of aromatic nitrogens is 1. The molecule has 92 valence electrons. The normalized spacial score (nSPS) is 12.0. The number of fused-ring (bicyclic) bond motifs is 1. The molecule has 0 amide bonds. The second-order valence-electron chi connectivity index (χ2n) is 4.95. The largest absolute Gasteiger partial charge is 0.399 e. The first kappa shape index (κ1) is 12.2. The molecule has 0 aliphatic rings. The number of anilines is 2. The van der Waals surface area contributed by atoms with Gasteiger partial charge in [-0.25, -0.2) is 4.98 Å². The van der Waals surface area contributed by atoms with Crippen molar-refractivity contribution in [2.75, 3.05) is 17.7 Å². The fourth-order valence-electron chi connectivity index (χ4n) is 1.57. The van der Waals surface area contributed by atoms with Crippen LogP contribution < -0.4 is 10.6 Å². The number of nitrogens with zero attached hydrogens (tertiary/aromatic N) is 2. The highest BCUT2D eigenvalue weighted by Gasteiger charge is 2.23. The molecule has 0 spiro atoms. The maximum Gasteiger partial charge on any atom is 0.186 e. The van der Waals surface area contributed by atoms with Crippen molar-refractivity contribution < 1.29 is 0 Å². The summed E-state index contributed by atoms with van der Waals surface area (Å²) >= 11 is 1.70. The summed E-state index contributed by atoms with van der Waals surface area (Å²) < 4.78 is 1.15. The predicted molar refractivity (Wildman–Crippen MR) is 76.8 cm³/mol. The number of nitrogens with two attached hydrogens (primary N) is 1. The van der Waals surface area contributed by atoms with E-state index in [1.54, 1.807) is 11.3 Å². The zero-order valence-electron chi connectivity index (χ0n) is 10.8. The highest BCUT2D eigenvalue weighted by molar-refractivity contribution is 7.22. The van der Waals surface area contributed by atoms with E-state index in [9.17, 15) is 0 Å². The zero-order chi connectivity index (χ0) is 12.6. The van der Waals surface area contributed by atoms with Gasteiger partial charge in [0, 0.05) is 18.3 Å². The highest BCUT2D eigenvalue weighted by Crippen LogP contribution is 2.33. The summed E-state index contributed by atoms with van der Waals surface area (Å²) in [5, 5.41) is 1.05. The van der Waals surface area contributed by atoms with E-state index in [0.717, 1.165) is 27.5 Å². The van der Waals surface area contributed by atoms with Gasteiger partial charge in [0.25, 0.3) is 0 Å². The SMILES string of the molecule is CCC(C)(C)N(C)c1nc2ccc(N)cc2s1. The minimum absolute atomic E-state index is 0.124. The zero-order valence-corrected chi connectivity index (χ0v) is 11.6. The summed E-state index contributed by atoms with van der Waals surface area (Å²) in [7, 11) is 2.10.